The molecule has 7 heteroatoms. The summed E-state index contributed by atoms with van der Waals surface area (Å²) in [5.74, 6) is 1.55. The van der Waals surface area contributed by atoms with Crippen molar-refractivity contribution >= 4 is 17.7 Å². The molecule has 7 nitrogen and oxygen atoms in total. The second kappa shape index (κ2) is 8.28. The molecule has 0 saturated heterocycles. The number of ketones is 1. The minimum atomic E-state index is -0.473. The van der Waals surface area contributed by atoms with Crippen molar-refractivity contribution in [3.05, 3.63) is 29.1 Å². The van der Waals surface area contributed by atoms with E-state index < -0.39 is 5.41 Å². The predicted octanol–water partition coefficient (Wildman–Crippen LogP) is 4.92. The van der Waals surface area contributed by atoms with Gasteiger partial charge in [-0.15, -0.1) is 0 Å². The van der Waals surface area contributed by atoms with Crippen molar-refractivity contribution in [3.63, 3.8) is 0 Å². The van der Waals surface area contributed by atoms with E-state index in [9.17, 15) is 14.4 Å². The van der Waals surface area contributed by atoms with E-state index in [1.807, 2.05) is 4.68 Å². The number of Topliss-reactive ketones (excluding diaryl/α,β-unsaturated/α-hetero) is 1. The fourth-order valence-corrected chi connectivity index (χ4v) is 10.1. The zero-order valence-electron chi connectivity index (χ0n) is 22.8. The van der Waals surface area contributed by atoms with Gasteiger partial charge in [-0.05, 0) is 80.0 Å². The molecule has 0 radical (unpaired) electrons. The van der Waals surface area contributed by atoms with Crippen molar-refractivity contribution in [1.82, 2.24) is 9.78 Å². The summed E-state index contributed by atoms with van der Waals surface area (Å²) in [6, 6.07) is 0. The predicted molar refractivity (Wildman–Crippen MR) is 137 cm³/mol. The van der Waals surface area contributed by atoms with Crippen LogP contribution in [0.25, 0.3) is 0 Å². The summed E-state index contributed by atoms with van der Waals surface area (Å²) < 4.78 is 12.6. The zero-order valence-corrected chi connectivity index (χ0v) is 22.8. The van der Waals surface area contributed by atoms with Crippen LogP contribution in [0.1, 0.15) is 88.7 Å². The monoisotopic (exact) mass is 508 g/mol. The number of fused-ring (bicyclic) bond motifs is 8. The molecule has 1 aromatic rings. The zero-order chi connectivity index (χ0) is 26.3. The van der Waals surface area contributed by atoms with Crippen molar-refractivity contribution in [3.8, 4) is 0 Å². The van der Waals surface area contributed by atoms with Gasteiger partial charge >= 0.3 is 11.9 Å². The molecule has 0 N–H and O–H groups in total. The highest BCUT2D eigenvalue weighted by molar-refractivity contribution is 5.91. The molecule has 0 aromatic carbocycles. The molecule has 0 bridgehead atoms. The quantitative estimate of drug-likeness (QED) is 0.425. The van der Waals surface area contributed by atoms with Crippen LogP contribution in [0.4, 0.5) is 0 Å². The third-order valence-electron chi connectivity index (χ3n) is 11.9. The number of hydrogen-bond acceptors (Lipinski definition) is 6. The van der Waals surface area contributed by atoms with Gasteiger partial charge < -0.3 is 9.47 Å². The smallest absolute Gasteiger partial charge is 0.341 e. The number of allylic oxidation sites excluding steroid dienone is 1. The molecule has 0 amide bonds. The Morgan fingerprint density at radius 3 is 2.59 bits per heavy atom. The van der Waals surface area contributed by atoms with Gasteiger partial charge in [0.15, 0.2) is 0 Å². The van der Waals surface area contributed by atoms with Crippen LogP contribution in [0.15, 0.2) is 17.8 Å². The molecule has 3 fully saturated rings. The molecule has 0 unspecified atom stereocenters. The van der Waals surface area contributed by atoms with E-state index in [0.29, 0.717) is 36.3 Å². The number of rotatable bonds is 3. The lowest BCUT2D eigenvalue weighted by Crippen LogP contribution is -2.57. The SMILES string of the molecule is COC(=O)c1cnn2c1C[C@]1(C(C)=O)[C@@H](C[C@H]3[C@@H]4CC=C5C[C@@H](OC(C)=O)CC[C@]5(C)[C@H]4CC[C@@]31C)C2. The number of carbonyl (C=O) groups excluding carboxylic acids is 3. The second-order valence-corrected chi connectivity index (χ2v) is 13.0. The van der Waals surface area contributed by atoms with Crippen LogP contribution < -0.4 is 0 Å². The van der Waals surface area contributed by atoms with E-state index >= 15 is 0 Å². The average molecular weight is 509 g/mol. The first-order chi connectivity index (χ1) is 17.5. The Morgan fingerprint density at radius 1 is 1.11 bits per heavy atom. The largest absolute Gasteiger partial charge is 0.465 e. The summed E-state index contributed by atoms with van der Waals surface area (Å²) in [5.41, 5.74) is 2.41. The Balaban J connectivity index is 1.35. The fourth-order valence-electron chi connectivity index (χ4n) is 10.1. The lowest BCUT2D eigenvalue weighted by Gasteiger charge is -2.60. The Hall–Kier alpha value is -2.44. The Kier molecular flexibility index (Phi) is 5.56. The summed E-state index contributed by atoms with van der Waals surface area (Å²) in [5, 5.41) is 4.55. The van der Waals surface area contributed by atoms with Crippen LogP contribution >= 0.6 is 0 Å². The molecule has 3 saturated carbocycles. The lowest BCUT2D eigenvalue weighted by atomic mass is 9.44. The molecule has 1 aliphatic heterocycles. The highest BCUT2D eigenvalue weighted by atomic mass is 16.5. The molecular formula is C30H40N2O5. The van der Waals surface area contributed by atoms with Gasteiger partial charge in [0.2, 0.25) is 0 Å². The molecule has 0 spiro atoms. The van der Waals surface area contributed by atoms with Gasteiger partial charge in [0.05, 0.1) is 19.0 Å². The molecule has 200 valence electrons. The van der Waals surface area contributed by atoms with Crippen LogP contribution in [0.3, 0.4) is 0 Å². The topological polar surface area (TPSA) is 87.5 Å². The lowest BCUT2D eigenvalue weighted by molar-refractivity contribution is -0.151. The van der Waals surface area contributed by atoms with Crippen molar-refractivity contribution in [2.75, 3.05) is 7.11 Å². The van der Waals surface area contributed by atoms with Gasteiger partial charge in [-0.2, -0.15) is 5.10 Å². The van der Waals surface area contributed by atoms with Crippen LogP contribution in [0.2, 0.25) is 0 Å². The highest BCUT2D eigenvalue weighted by Crippen LogP contribution is 2.72. The number of hydrogen-bond donors (Lipinski definition) is 0. The Morgan fingerprint density at radius 2 is 1.89 bits per heavy atom. The molecule has 8 atom stereocenters. The van der Waals surface area contributed by atoms with Gasteiger partial charge in [0.1, 0.15) is 17.5 Å². The summed E-state index contributed by atoms with van der Waals surface area (Å²) in [7, 11) is 1.40. The number of nitrogens with zero attached hydrogens (tertiary/aromatic N) is 2. The Labute approximate surface area is 219 Å². The van der Waals surface area contributed by atoms with Crippen LogP contribution in [-0.4, -0.2) is 40.7 Å². The number of ether oxygens (including phenoxy) is 2. The molecule has 4 aliphatic carbocycles. The van der Waals surface area contributed by atoms with Gasteiger partial charge in [-0.1, -0.05) is 25.5 Å². The summed E-state index contributed by atoms with van der Waals surface area (Å²) in [4.78, 5) is 37.8. The minimum absolute atomic E-state index is 0.00357. The first-order valence-electron chi connectivity index (χ1n) is 14.1. The number of carbonyl (C=O) groups is 3. The third kappa shape index (κ3) is 3.24. The molecule has 6 rings (SSSR count). The van der Waals surface area contributed by atoms with Gasteiger partial charge in [0.25, 0.3) is 0 Å². The van der Waals surface area contributed by atoms with E-state index in [0.717, 1.165) is 50.6 Å². The average Bonchev–Trinajstić information content (AvgIpc) is 3.38. The third-order valence-corrected chi connectivity index (χ3v) is 11.9. The highest BCUT2D eigenvalue weighted by Gasteiger charge is 2.70. The van der Waals surface area contributed by atoms with Crippen molar-refractivity contribution < 1.29 is 23.9 Å². The van der Waals surface area contributed by atoms with Crippen LogP contribution in [0.5, 0.6) is 0 Å². The normalized spacial score (nSPS) is 41.8. The Bertz CT molecular complexity index is 1200. The van der Waals surface area contributed by atoms with E-state index in [1.54, 1.807) is 13.1 Å². The van der Waals surface area contributed by atoms with Crippen molar-refractivity contribution in [1.29, 1.82) is 0 Å². The summed E-state index contributed by atoms with van der Waals surface area (Å²) >= 11 is 0. The number of aromatic nitrogens is 2. The molecule has 37 heavy (non-hydrogen) atoms. The van der Waals surface area contributed by atoms with E-state index in [4.69, 9.17) is 9.47 Å². The van der Waals surface area contributed by atoms with Crippen molar-refractivity contribution in [2.45, 2.75) is 91.7 Å². The summed E-state index contributed by atoms with van der Waals surface area (Å²) in [6.45, 7) is 8.82. The maximum absolute atomic E-state index is 13.7. The van der Waals surface area contributed by atoms with E-state index in [2.05, 4.69) is 25.0 Å². The van der Waals surface area contributed by atoms with Crippen LogP contribution in [-0.2, 0) is 32.0 Å². The maximum Gasteiger partial charge on any atom is 0.341 e. The van der Waals surface area contributed by atoms with Crippen molar-refractivity contribution in [2.24, 2.45) is 39.9 Å². The van der Waals surface area contributed by atoms with E-state index in [1.165, 1.54) is 19.6 Å². The van der Waals surface area contributed by atoms with E-state index in [-0.39, 0.29) is 40.6 Å². The number of methoxy groups -OCH3 is 1. The minimum Gasteiger partial charge on any atom is -0.465 e. The van der Waals surface area contributed by atoms with Gasteiger partial charge in [-0.3, -0.25) is 14.3 Å². The molecule has 1 aromatic heterocycles. The first kappa shape index (κ1) is 24.9. The molecule has 2 heterocycles. The van der Waals surface area contributed by atoms with Crippen LogP contribution in [0, 0.1) is 39.9 Å². The first-order valence-corrected chi connectivity index (χ1v) is 14.1. The maximum atomic E-state index is 13.7. The summed E-state index contributed by atoms with van der Waals surface area (Å²) in [6.07, 6.45) is 11.7. The second-order valence-electron chi connectivity index (χ2n) is 13.0. The van der Waals surface area contributed by atoms with Gasteiger partial charge in [-0.25, -0.2) is 4.79 Å². The molecular weight excluding hydrogens is 468 g/mol. The number of esters is 2. The standard InChI is InChI=1S/C30H40N2O5/c1-17(33)30-14-26-23(27(35)36-5)15-31-32(26)16-20(30)13-25-22-7-6-19-12-21(37-18(2)34)8-10-28(19,3)24(22)9-11-29(25,30)4/h6,15,20-22,24-25H,7-14,16H2,1-5H3/t20-,21-,22+,24-,25-,28-,29-,30-/m0/s1. The molecule has 5 aliphatic rings. The fraction of sp³-hybridized carbons (Fsp3) is 0.733. The van der Waals surface area contributed by atoms with Gasteiger partial charge in [0, 0.05) is 31.7 Å².